The summed E-state index contributed by atoms with van der Waals surface area (Å²) in [4.78, 5) is 11.2. The lowest BCUT2D eigenvalue weighted by atomic mass is 10.2. The summed E-state index contributed by atoms with van der Waals surface area (Å²) in [5.74, 6) is 0.134. The van der Waals surface area contributed by atoms with Crippen LogP contribution in [-0.2, 0) is 9.53 Å². The minimum Gasteiger partial charge on any atom is -0.375 e. The van der Waals surface area contributed by atoms with E-state index in [-0.39, 0.29) is 5.91 Å². The van der Waals surface area contributed by atoms with Crippen molar-refractivity contribution in [1.29, 1.82) is 0 Å². The molecule has 0 atom stereocenters. The second-order valence-corrected chi connectivity index (χ2v) is 3.74. The van der Waals surface area contributed by atoms with Gasteiger partial charge in [-0.05, 0) is 12.8 Å². The van der Waals surface area contributed by atoms with E-state index >= 15 is 0 Å². The van der Waals surface area contributed by atoms with Crippen molar-refractivity contribution in [3.8, 4) is 0 Å². The molecule has 0 unspecified atom stereocenters. The Bertz CT molecular complexity index is 188. The summed E-state index contributed by atoms with van der Waals surface area (Å²) in [5, 5.41) is 6.05. The van der Waals surface area contributed by atoms with Crippen molar-refractivity contribution in [2.24, 2.45) is 0 Å². The van der Waals surface area contributed by atoms with E-state index in [1.807, 2.05) is 0 Å². The fraction of sp³-hybridized carbons (Fsp3) is 0.889. The van der Waals surface area contributed by atoms with E-state index in [1.54, 1.807) is 0 Å². The lowest BCUT2D eigenvalue weighted by Crippen LogP contribution is -2.48. The Morgan fingerprint density at radius 2 is 2.23 bits per heavy atom. The molecule has 2 fully saturated rings. The van der Waals surface area contributed by atoms with Crippen LogP contribution in [0.1, 0.15) is 19.3 Å². The zero-order valence-corrected chi connectivity index (χ0v) is 7.71. The van der Waals surface area contributed by atoms with Gasteiger partial charge in [0.25, 0.3) is 0 Å². The van der Waals surface area contributed by atoms with Crippen LogP contribution in [0.15, 0.2) is 0 Å². The second-order valence-electron chi connectivity index (χ2n) is 3.74. The zero-order valence-electron chi connectivity index (χ0n) is 7.71. The van der Waals surface area contributed by atoms with Crippen LogP contribution in [0.3, 0.4) is 0 Å². The summed E-state index contributed by atoms with van der Waals surface area (Å²) in [6.07, 6.45) is 3.15. The molecule has 0 spiro atoms. The third-order valence-electron chi connectivity index (χ3n) is 2.37. The molecular formula is C9H16N2O2. The fourth-order valence-electron chi connectivity index (χ4n) is 1.23. The number of hydrogen-bond donors (Lipinski definition) is 2. The van der Waals surface area contributed by atoms with Crippen LogP contribution in [0.2, 0.25) is 0 Å². The number of nitrogens with one attached hydrogen (secondary N) is 2. The van der Waals surface area contributed by atoms with Gasteiger partial charge in [0.05, 0.1) is 12.7 Å². The van der Waals surface area contributed by atoms with Gasteiger partial charge in [-0.2, -0.15) is 0 Å². The van der Waals surface area contributed by atoms with Crippen LogP contribution < -0.4 is 10.6 Å². The van der Waals surface area contributed by atoms with Crippen LogP contribution in [0.4, 0.5) is 0 Å². The predicted octanol–water partition coefficient (Wildman–Crippen LogP) is -0.356. The molecule has 1 saturated heterocycles. The van der Waals surface area contributed by atoms with Crippen molar-refractivity contribution in [1.82, 2.24) is 10.6 Å². The molecular weight excluding hydrogens is 168 g/mol. The van der Waals surface area contributed by atoms with Crippen LogP contribution >= 0.6 is 0 Å². The number of amides is 1. The highest BCUT2D eigenvalue weighted by atomic mass is 16.5. The predicted molar refractivity (Wildman–Crippen MR) is 48.4 cm³/mol. The van der Waals surface area contributed by atoms with Gasteiger partial charge in [-0.15, -0.1) is 0 Å². The summed E-state index contributed by atoms with van der Waals surface area (Å²) >= 11 is 0. The molecule has 4 nitrogen and oxygen atoms in total. The third kappa shape index (κ3) is 2.97. The van der Waals surface area contributed by atoms with Crippen molar-refractivity contribution in [2.75, 3.05) is 19.7 Å². The zero-order chi connectivity index (χ0) is 9.10. The van der Waals surface area contributed by atoms with E-state index in [4.69, 9.17) is 4.74 Å². The summed E-state index contributed by atoms with van der Waals surface area (Å²) in [7, 11) is 0. The second kappa shape index (κ2) is 4.07. The van der Waals surface area contributed by atoms with Crippen molar-refractivity contribution in [2.45, 2.75) is 31.4 Å². The van der Waals surface area contributed by atoms with Crippen LogP contribution in [0.25, 0.3) is 0 Å². The highest BCUT2D eigenvalue weighted by Gasteiger charge is 2.23. The van der Waals surface area contributed by atoms with Crippen molar-refractivity contribution in [3.63, 3.8) is 0 Å². The SMILES string of the molecule is O=C(CCOC1CNC1)NC1CC1. The number of hydrogen-bond acceptors (Lipinski definition) is 3. The van der Waals surface area contributed by atoms with Crippen LogP contribution in [0.5, 0.6) is 0 Å². The van der Waals surface area contributed by atoms with Crippen LogP contribution in [-0.4, -0.2) is 37.7 Å². The molecule has 0 aromatic carbocycles. The molecule has 2 rings (SSSR count). The van der Waals surface area contributed by atoms with Gasteiger partial charge in [0.1, 0.15) is 0 Å². The standard InChI is InChI=1S/C9H16N2O2/c12-9(11-7-1-2-7)3-4-13-8-5-10-6-8/h7-8,10H,1-6H2,(H,11,12). The molecule has 2 N–H and O–H groups in total. The van der Waals surface area contributed by atoms with E-state index in [2.05, 4.69) is 10.6 Å². The van der Waals surface area contributed by atoms with E-state index in [9.17, 15) is 4.79 Å². The van der Waals surface area contributed by atoms with Gasteiger partial charge >= 0.3 is 0 Å². The Morgan fingerprint density at radius 3 is 2.77 bits per heavy atom. The molecule has 74 valence electrons. The van der Waals surface area contributed by atoms with Gasteiger partial charge in [0, 0.05) is 25.6 Å². The summed E-state index contributed by atoms with van der Waals surface area (Å²) in [6.45, 7) is 2.43. The number of carbonyl (C=O) groups excluding carboxylic acids is 1. The quantitative estimate of drug-likeness (QED) is 0.613. The van der Waals surface area contributed by atoms with Gasteiger partial charge in [0.2, 0.25) is 5.91 Å². The average Bonchev–Trinajstić information content (AvgIpc) is 2.78. The van der Waals surface area contributed by atoms with Crippen molar-refractivity contribution >= 4 is 5.91 Å². The van der Waals surface area contributed by atoms with Crippen molar-refractivity contribution in [3.05, 3.63) is 0 Å². The molecule has 2 aliphatic rings. The number of rotatable bonds is 5. The minimum absolute atomic E-state index is 0.134. The summed E-state index contributed by atoms with van der Waals surface area (Å²) in [5.41, 5.74) is 0. The molecule has 1 saturated carbocycles. The fourth-order valence-corrected chi connectivity index (χ4v) is 1.23. The Labute approximate surface area is 78.0 Å². The molecule has 1 amide bonds. The lowest BCUT2D eigenvalue weighted by Gasteiger charge is -2.26. The molecule has 1 heterocycles. The topological polar surface area (TPSA) is 50.4 Å². The minimum atomic E-state index is 0.134. The van der Waals surface area contributed by atoms with E-state index < -0.39 is 0 Å². The normalized spacial score (nSPS) is 22.5. The summed E-state index contributed by atoms with van der Waals surface area (Å²) < 4.78 is 5.43. The first kappa shape index (κ1) is 8.97. The van der Waals surface area contributed by atoms with Crippen molar-refractivity contribution < 1.29 is 9.53 Å². The molecule has 1 aliphatic carbocycles. The maximum atomic E-state index is 11.2. The van der Waals surface area contributed by atoms with E-state index in [0.717, 1.165) is 25.9 Å². The van der Waals surface area contributed by atoms with E-state index in [0.29, 0.717) is 25.2 Å². The Morgan fingerprint density at radius 1 is 1.46 bits per heavy atom. The smallest absolute Gasteiger partial charge is 0.222 e. The van der Waals surface area contributed by atoms with E-state index in [1.165, 1.54) is 0 Å². The Kier molecular flexibility index (Phi) is 2.80. The first-order chi connectivity index (χ1) is 6.34. The monoisotopic (exact) mass is 184 g/mol. The van der Waals surface area contributed by atoms with Crippen LogP contribution in [0, 0.1) is 0 Å². The Balaban J connectivity index is 1.48. The maximum Gasteiger partial charge on any atom is 0.222 e. The van der Waals surface area contributed by atoms with Gasteiger partial charge in [0.15, 0.2) is 0 Å². The molecule has 0 aromatic rings. The van der Waals surface area contributed by atoms with Gasteiger partial charge in [-0.1, -0.05) is 0 Å². The third-order valence-corrected chi connectivity index (χ3v) is 2.37. The Hall–Kier alpha value is -0.610. The molecule has 4 heteroatoms. The molecule has 0 aromatic heterocycles. The van der Waals surface area contributed by atoms with Gasteiger partial charge < -0.3 is 15.4 Å². The lowest BCUT2D eigenvalue weighted by molar-refractivity contribution is -0.123. The highest BCUT2D eigenvalue weighted by Crippen LogP contribution is 2.18. The van der Waals surface area contributed by atoms with Gasteiger partial charge in [-0.25, -0.2) is 0 Å². The largest absolute Gasteiger partial charge is 0.375 e. The molecule has 0 bridgehead atoms. The number of carbonyl (C=O) groups is 1. The number of ether oxygens (including phenoxy) is 1. The van der Waals surface area contributed by atoms with Gasteiger partial charge in [-0.3, -0.25) is 4.79 Å². The first-order valence-electron chi connectivity index (χ1n) is 4.96. The maximum absolute atomic E-state index is 11.2. The molecule has 13 heavy (non-hydrogen) atoms. The molecule has 0 radical (unpaired) electrons. The molecule has 1 aliphatic heterocycles. The first-order valence-corrected chi connectivity index (χ1v) is 4.96. The highest BCUT2D eigenvalue weighted by molar-refractivity contribution is 5.76. The summed E-state index contributed by atoms with van der Waals surface area (Å²) in [6, 6.07) is 0.470. The average molecular weight is 184 g/mol.